The van der Waals surface area contributed by atoms with Gasteiger partial charge in [0.15, 0.2) is 12.4 Å². The highest BCUT2D eigenvalue weighted by Gasteiger charge is 2.29. The average molecular weight is 393 g/mol. The molecule has 1 heterocycles. The SMILES string of the molecule is Cc1ccc(C(=O)c2ccccc2C(=O)OCC(=O)N2[C@H](C)CCC[C@@H]2C)cc1. The van der Waals surface area contributed by atoms with Crippen molar-refractivity contribution in [2.24, 2.45) is 0 Å². The standard InChI is InChI=1S/C24H27NO4/c1-16-11-13-19(14-12-16)23(27)20-9-4-5-10-21(20)24(28)29-15-22(26)25-17(2)7-6-8-18(25)3/h4-5,9-14,17-18H,6-8,15H2,1-3H3/t17-,18+. The summed E-state index contributed by atoms with van der Waals surface area (Å²) >= 11 is 0. The van der Waals surface area contributed by atoms with Crippen LogP contribution in [0.2, 0.25) is 0 Å². The summed E-state index contributed by atoms with van der Waals surface area (Å²) in [5.41, 5.74) is 2.00. The summed E-state index contributed by atoms with van der Waals surface area (Å²) in [5, 5.41) is 0. The van der Waals surface area contributed by atoms with Gasteiger partial charge in [-0.05, 0) is 46.1 Å². The highest BCUT2D eigenvalue weighted by molar-refractivity contribution is 6.14. The Kier molecular flexibility index (Phi) is 6.47. The van der Waals surface area contributed by atoms with Crippen molar-refractivity contribution in [2.45, 2.75) is 52.1 Å². The summed E-state index contributed by atoms with van der Waals surface area (Å²) in [6.07, 6.45) is 3.01. The van der Waals surface area contributed by atoms with Crippen molar-refractivity contribution in [2.75, 3.05) is 6.61 Å². The summed E-state index contributed by atoms with van der Waals surface area (Å²) in [7, 11) is 0. The number of aryl methyl sites for hydroxylation is 1. The molecule has 0 aliphatic carbocycles. The highest BCUT2D eigenvalue weighted by Crippen LogP contribution is 2.23. The summed E-state index contributed by atoms with van der Waals surface area (Å²) in [4.78, 5) is 39.9. The molecule has 152 valence electrons. The van der Waals surface area contributed by atoms with Crippen molar-refractivity contribution in [3.8, 4) is 0 Å². The van der Waals surface area contributed by atoms with Gasteiger partial charge in [0.05, 0.1) is 5.56 Å². The van der Waals surface area contributed by atoms with Crippen LogP contribution in [0.5, 0.6) is 0 Å². The van der Waals surface area contributed by atoms with E-state index >= 15 is 0 Å². The number of rotatable bonds is 5. The normalized spacial score (nSPS) is 18.9. The topological polar surface area (TPSA) is 63.7 Å². The molecule has 2 aromatic rings. The number of ether oxygens (including phenoxy) is 1. The molecule has 29 heavy (non-hydrogen) atoms. The van der Waals surface area contributed by atoms with Crippen LogP contribution >= 0.6 is 0 Å². The first-order valence-electron chi connectivity index (χ1n) is 10.1. The minimum absolute atomic E-state index is 0.139. The van der Waals surface area contributed by atoms with Crippen molar-refractivity contribution in [1.29, 1.82) is 0 Å². The molecule has 1 amide bonds. The number of esters is 1. The Labute approximate surface area is 171 Å². The van der Waals surface area contributed by atoms with E-state index in [2.05, 4.69) is 0 Å². The second kappa shape index (κ2) is 9.03. The summed E-state index contributed by atoms with van der Waals surface area (Å²) in [6, 6.07) is 14.0. The number of benzene rings is 2. The average Bonchev–Trinajstić information content (AvgIpc) is 2.72. The van der Waals surface area contributed by atoms with Crippen molar-refractivity contribution in [3.05, 3.63) is 70.8 Å². The quantitative estimate of drug-likeness (QED) is 0.565. The van der Waals surface area contributed by atoms with Crippen LogP contribution in [0.4, 0.5) is 0 Å². The third-order valence-corrected chi connectivity index (χ3v) is 5.51. The molecule has 0 unspecified atom stereocenters. The maximum absolute atomic E-state index is 12.9. The van der Waals surface area contributed by atoms with Gasteiger partial charge in [-0.25, -0.2) is 4.79 Å². The van der Waals surface area contributed by atoms with Gasteiger partial charge in [0.2, 0.25) is 0 Å². The van der Waals surface area contributed by atoms with Gasteiger partial charge in [-0.1, -0.05) is 48.0 Å². The number of nitrogens with zero attached hydrogens (tertiary/aromatic N) is 1. The fourth-order valence-corrected chi connectivity index (χ4v) is 3.91. The maximum Gasteiger partial charge on any atom is 0.339 e. The second-order valence-electron chi connectivity index (χ2n) is 7.75. The van der Waals surface area contributed by atoms with Crippen molar-refractivity contribution in [3.63, 3.8) is 0 Å². The van der Waals surface area contributed by atoms with E-state index < -0.39 is 5.97 Å². The molecule has 5 heteroatoms. The lowest BCUT2D eigenvalue weighted by molar-refractivity contribution is -0.140. The molecular formula is C24H27NO4. The number of ketones is 1. The fraction of sp³-hybridized carbons (Fsp3) is 0.375. The lowest BCUT2D eigenvalue weighted by atomic mass is 9.97. The van der Waals surface area contributed by atoms with Gasteiger partial charge < -0.3 is 9.64 Å². The predicted molar refractivity (Wildman–Crippen MR) is 111 cm³/mol. The first kappa shape index (κ1) is 20.8. The van der Waals surface area contributed by atoms with E-state index in [-0.39, 0.29) is 41.5 Å². The van der Waals surface area contributed by atoms with Crippen LogP contribution in [0.1, 0.15) is 65.0 Å². The molecular weight excluding hydrogens is 366 g/mol. The van der Waals surface area contributed by atoms with Crippen LogP contribution in [-0.2, 0) is 9.53 Å². The summed E-state index contributed by atoms with van der Waals surface area (Å²) in [5.74, 6) is -1.10. The fourth-order valence-electron chi connectivity index (χ4n) is 3.91. The van der Waals surface area contributed by atoms with Gasteiger partial charge in [-0.15, -0.1) is 0 Å². The molecule has 1 saturated heterocycles. The van der Waals surface area contributed by atoms with Gasteiger partial charge in [0.1, 0.15) is 0 Å². The van der Waals surface area contributed by atoms with Gasteiger partial charge in [-0.3, -0.25) is 9.59 Å². The summed E-state index contributed by atoms with van der Waals surface area (Å²) in [6.45, 7) is 5.66. The van der Waals surface area contributed by atoms with E-state index in [1.54, 1.807) is 41.3 Å². The van der Waals surface area contributed by atoms with Gasteiger partial charge >= 0.3 is 5.97 Å². The van der Waals surface area contributed by atoms with Crippen LogP contribution < -0.4 is 0 Å². The Morgan fingerprint density at radius 3 is 2.14 bits per heavy atom. The van der Waals surface area contributed by atoms with E-state index in [0.29, 0.717) is 5.56 Å². The largest absolute Gasteiger partial charge is 0.452 e. The van der Waals surface area contributed by atoms with Gasteiger partial charge in [0.25, 0.3) is 5.91 Å². The number of hydrogen-bond acceptors (Lipinski definition) is 4. The summed E-state index contributed by atoms with van der Waals surface area (Å²) < 4.78 is 5.30. The number of piperidine rings is 1. The minimum atomic E-state index is -0.660. The third-order valence-electron chi connectivity index (χ3n) is 5.51. The van der Waals surface area contributed by atoms with Crippen molar-refractivity contribution in [1.82, 2.24) is 4.90 Å². The number of carbonyl (C=O) groups excluding carboxylic acids is 3. The predicted octanol–water partition coefficient (Wildman–Crippen LogP) is 4.17. The number of likely N-dealkylation sites (tertiary alicyclic amines) is 1. The molecule has 2 atom stereocenters. The maximum atomic E-state index is 12.9. The third kappa shape index (κ3) is 4.73. The lowest BCUT2D eigenvalue weighted by Crippen LogP contribution is -2.49. The Morgan fingerprint density at radius 1 is 0.931 bits per heavy atom. The monoisotopic (exact) mass is 393 g/mol. The molecule has 1 fully saturated rings. The van der Waals surface area contributed by atoms with Crippen LogP contribution in [0.25, 0.3) is 0 Å². The molecule has 1 aliphatic heterocycles. The second-order valence-corrected chi connectivity index (χ2v) is 7.75. The molecule has 5 nitrogen and oxygen atoms in total. The molecule has 2 aromatic carbocycles. The van der Waals surface area contributed by atoms with E-state index in [9.17, 15) is 14.4 Å². The molecule has 0 aromatic heterocycles. The van der Waals surface area contributed by atoms with E-state index in [1.165, 1.54) is 0 Å². The number of amides is 1. The van der Waals surface area contributed by atoms with E-state index in [4.69, 9.17) is 4.74 Å². The highest BCUT2D eigenvalue weighted by atomic mass is 16.5. The van der Waals surface area contributed by atoms with Crippen LogP contribution in [-0.4, -0.2) is 41.3 Å². The van der Waals surface area contributed by atoms with Crippen molar-refractivity contribution >= 4 is 17.7 Å². The molecule has 0 radical (unpaired) electrons. The first-order valence-corrected chi connectivity index (χ1v) is 10.1. The molecule has 1 aliphatic rings. The van der Waals surface area contributed by atoms with Gasteiger partial charge in [0, 0.05) is 23.2 Å². The van der Waals surface area contributed by atoms with Crippen LogP contribution in [0, 0.1) is 6.92 Å². The Balaban J connectivity index is 1.72. The Bertz CT molecular complexity index is 893. The zero-order valence-corrected chi connectivity index (χ0v) is 17.2. The molecule has 0 spiro atoms. The smallest absolute Gasteiger partial charge is 0.339 e. The minimum Gasteiger partial charge on any atom is -0.452 e. The van der Waals surface area contributed by atoms with Crippen LogP contribution in [0.3, 0.4) is 0 Å². The molecule has 0 N–H and O–H groups in total. The Morgan fingerprint density at radius 2 is 1.52 bits per heavy atom. The van der Waals surface area contributed by atoms with Crippen LogP contribution in [0.15, 0.2) is 48.5 Å². The number of carbonyl (C=O) groups is 3. The molecule has 3 rings (SSSR count). The van der Waals surface area contributed by atoms with Crippen molar-refractivity contribution < 1.29 is 19.1 Å². The van der Waals surface area contributed by atoms with Gasteiger partial charge in [-0.2, -0.15) is 0 Å². The Hall–Kier alpha value is -2.95. The first-order chi connectivity index (χ1) is 13.9. The lowest BCUT2D eigenvalue weighted by Gasteiger charge is -2.38. The molecule has 0 bridgehead atoms. The zero-order valence-electron chi connectivity index (χ0n) is 17.2. The zero-order chi connectivity index (χ0) is 21.0. The van der Waals surface area contributed by atoms with E-state index in [0.717, 1.165) is 24.8 Å². The molecule has 0 saturated carbocycles. The number of hydrogen-bond donors (Lipinski definition) is 0. The van der Waals surface area contributed by atoms with E-state index in [1.807, 2.05) is 32.9 Å².